The molecule has 1 aliphatic rings. The molecule has 192 valence electrons. The number of likely N-dealkylation sites (tertiary alicyclic amines) is 1. The van der Waals surface area contributed by atoms with Crippen molar-refractivity contribution in [1.82, 2.24) is 15.5 Å². The standard InChI is InChI=1S/C19H34N8O7/c20-10(9-28)15(30)25-11(3-1-7-24-19(22)23)17(32)27-8-2-4-13(27)16(31)26-12(18(33)34)5-6-14(21)29/h10-13,28H,1-9,20H2,(H2,21,29)(H,25,30)(H,26,31)(H,33,34)(H4,22,23,24)/t10-,11-,12-,13-/m0/s1. The summed E-state index contributed by atoms with van der Waals surface area (Å²) in [5, 5.41) is 23.3. The van der Waals surface area contributed by atoms with Crippen molar-refractivity contribution in [2.75, 3.05) is 19.7 Å². The number of amides is 4. The van der Waals surface area contributed by atoms with Gasteiger partial charge in [-0.3, -0.25) is 24.2 Å². The van der Waals surface area contributed by atoms with Gasteiger partial charge in [-0.1, -0.05) is 0 Å². The second kappa shape index (κ2) is 13.9. The first-order chi connectivity index (χ1) is 16.0. The van der Waals surface area contributed by atoms with Crippen molar-refractivity contribution in [2.45, 2.75) is 62.7 Å². The van der Waals surface area contributed by atoms with Crippen molar-refractivity contribution >= 4 is 35.6 Å². The first kappa shape index (κ1) is 28.6. The molecule has 1 heterocycles. The van der Waals surface area contributed by atoms with E-state index in [1.807, 2.05) is 0 Å². The zero-order valence-electron chi connectivity index (χ0n) is 18.8. The van der Waals surface area contributed by atoms with Crippen LogP contribution in [0.3, 0.4) is 0 Å². The molecule has 0 aromatic rings. The molecule has 15 nitrogen and oxygen atoms in total. The average Bonchev–Trinajstić information content (AvgIpc) is 3.26. The van der Waals surface area contributed by atoms with Crippen LogP contribution in [0.4, 0.5) is 0 Å². The lowest BCUT2D eigenvalue weighted by Gasteiger charge is -2.30. The van der Waals surface area contributed by atoms with Crippen LogP contribution in [-0.2, 0) is 24.0 Å². The smallest absolute Gasteiger partial charge is 0.326 e. The van der Waals surface area contributed by atoms with Gasteiger partial charge in [0.25, 0.3) is 0 Å². The fourth-order valence-electron chi connectivity index (χ4n) is 3.44. The third kappa shape index (κ3) is 9.19. The predicted molar refractivity (Wildman–Crippen MR) is 120 cm³/mol. The number of nitrogens with two attached hydrogens (primary N) is 4. The van der Waals surface area contributed by atoms with E-state index in [4.69, 9.17) is 28.0 Å². The second-order valence-corrected chi connectivity index (χ2v) is 7.89. The molecule has 4 amide bonds. The molecule has 0 spiro atoms. The highest BCUT2D eigenvalue weighted by molar-refractivity contribution is 5.94. The van der Waals surface area contributed by atoms with Gasteiger partial charge in [0, 0.05) is 19.5 Å². The number of hydrogen-bond acceptors (Lipinski definition) is 8. The first-order valence-corrected chi connectivity index (χ1v) is 10.8. The van der Waals surface area contributed by atoms with Crippen molar-refractivity contribution in [3.05, 3.63) is 0 Å². The van der Waals surface area contributed by atoms with E-state index in [0.717, 1.165) is 0 Å². The van der Waals surface area contributed by atoms with Gasteiger partial charge in [-0.15, -0.1) is 0 Å². The lowest BCUT2D eigenvalue weighted by atomic mass is 10.1. The fraction of sp³-hybridized carbons (Fsp3) is 0.684. The minimum atomic E-state index is -1.35. The minimum Gasteiger partial charge on any atom is -0.480 e. The normalized spacial score (nSPS) is 17.8. The molecular formula is C19H34N8O7. The van der Waals surface area contributed by atoms with Gasteiger partial charge in [0.15, 0.2) is 5.96 Å². The van der Waals surface area contributed by atoms with Crippen LogP contribution < -0.4 is 33.6 Å². The van der Waals surface area contributed by atoms with Crippen molar-refractivity contribution < 1.29 is 34.2 Å². The molecule has 0 aromatic heterocycles. The molecule has 1 fully saturated rings. The topological polar surface area (TPSA) is 270 Å². The van der Waals surface area contributed by atoms with Gasteiger partial charge in [-0.05, 0) is 32.1 Å². The minimum absolute atomic E-state index is 0.126. The molecule has 0 aromatic carbocycles. The number of primary amides is 1. The van der Waals surface area contributed by atoms with E-state index in [1.165, 1.54) is 4.90 Å². The average molecular weight is 487 g/mol. The monoisotopic (exact) mass is 486 g/mol. The van der Waals surface area contributed by atoms with Crippen LogP contribution in [0, 0.1) is 0 Å². The van der Waals surface area contributed by atoms with Crippen molar-refractivity contribution in [1.29, 1.82) is 0 Å². The van der Waals surface area contributed by atoms with Crippen LogP contribution in [0.5, 0.6) is 0 Å². The molecule has 15 heteroatoms. The van der Waals surface area contributed by atoms with E-state index < -0.39 is 60.4 Å². The van der Waals surface area contributed by atoms with Crippen LogP contribution in [0.25, 0.3) is 0 Å². The van der Waals surface area contributed by atoms with Gasteiger partial charge in [0.05, 0.1) is 6.61 Å². The Balaban J connectivity index is 2.95. The zero-order chi connectivity index (χ0) is 25.8. The number of aliphatic carboxylic acids is 1. The summed E-state index contributed by atoms with van der Waals surface area (Å²) >= 11 is 0. The Morgan fingerprint density at radius 3 is 2.29 bits per heavy atom. The van der Waals surface area contributed by atoms with E-state index in [-0.39, 0.29) is 44.7 Å². The third-order valence-electron chi connectivity index (χ3n) is 5.23. The number of carboxylic acid groups (broad SMARTS) is 1. The number of guanidine groups is 1. The number of aliphatic hydroxyl groups excluding tert-OH is 1. The molecular weight excluding hydrogens is 452 g/mol. The van der Waals surface area contributed by atoms with Crippen LogP contribution >= 0.6 is 0 Å². The summed E-state index contributed by atoms with van der Waals surface area (Å²) in [7, 11) is 0. The van der Waals surface area contributed by atoms with E-state index in [1.54, 1.807) is 0 Å². The van der Waals surface area contributed by atoms with Gasteiger partial charge < -0.3 is 48.7 Å². The summed E-state index contributed by atoms with van der Waals surface area (Å²) in [6, 6.07) is -4.63. The Bertz CT molecular complexity index is 787. The van der Waals surface area contributed by atoms with Crippen molar-refractivity contribution in [3.63, 3.8) is 0 Å². The number of hydrogen-bond donors (Lipinski definition) is 8. The highest BCUT2D eigenvalue weighted by Gasteiger charge is 2.39. The molecule has 1 saturated heterocycles. The van der Waals surface area contributed by atoms with Crippen LogP contribution in [0.2, 0.25) is 0 Å². The van der Waals surface area contributed by atoms with E-state index >= 15 is 0 Å². The summed E-state index contributed by atoms with van der Waals surface area (Å²) in [6.45, 7) is -0.224. The molecule has 1 aliphatic heterocycles. The van der Waals surface area contributed by atoms with E-state index in [9.17, 15) is 29.1 Å². The highest BCUT2D eigenvalue weighted by atomic mass is 16.4. The number of aliphatic hydroxyl groups is 1. The number of rotatable bonds is 14. The molecule has 4 atom stereocenters. The maximum absolute atomic E-state index is 13.2. The maximum atomic E-state index is 13.2. The van der Waals surface area contributed by atoms with E-state index in [2.05, 4.69) is 15.6 Å². The molecule has 0 aliphatic carbocycles. The molecule has 0 bridgehead atoms. The summed E-state index contributed by atoms with van der Waals surface area (Å²) in [6.07, 6.45) is 0.778. The van der Waals surface area contributed by atoms with Gasteiger partial charge in [0.2, 0.25) is 23.6 Å². The largest absolute Gasteiger partial charge is 0.480 e. The lowest BCUT2D eigenvalue weighted by molar-refractivity contribution is -0.145. The Morgan fingerprint density at radius 2 is 1.74 bits per heavy atom. The summed E-state index contributed by atoms with van der Waals surface area (Å²) in [5.74, 6) is -4.19. The van der Waals surface area contributed by atoms with Gasteiger partial charge in [0.1, 0.15) is 24.2 Å². The van der Waals surface area contributed by atoms with Crippen LogP contribution in [0.1, 0.15) is 38.5 Å². The number of carbonyl (C=O) groups is 5. The van der Waals surface area contributed by atoms with Crippen LogP contribution in [0.15, 0.2) is 4.99 Å². The molecule has 1 rings (SSSR count). The number of nitrogens with zero attached hydrogens (tertiary/aromatic N) is 2. The maximum Gasteiger partial charge on any atom is 0.326 e. The van der Waals surface area contributed by atoms with Crippen LogP contribution in [-0.4, -0.2) is 94.5 Å². The number of nitrogens with one attached hydrogen (secondary N) is 2. The Hall–Kier alpha value is -3.46. The summed E-state index contributed by atoms with van der Waals surface area (Å²) in [5.41, 5.74) is 21.1. The number of aliphatic imine (C=N–C) groups is 1. The first-order valence-electron chi connectivity index (χ1n) is 10.8. The Labute approximate surface area is 196 Å². The quantitative estimate of drug-likeness (QED) is 0.0664. The van der Waals surface area contributed by atoms with Gasteiger partial charge >= 0.3 is 5.97 Å². The Kier molecular flexibility index (Phi) is 11.7. The highest BCUT2D eigenvalue weighted by Crippen LogP contribution is 2.20. The zero-order valence-corrected chi connectivity index (χ0v) is 18.8. The second-order valence-electron chi connectivity index (χ2n) is 7.89. The molecule has 0 saturated carbocycles. The SMILES string of the molecule is NC(=O)CC[C@H](NC(=O)[C@@H]1CCCN1C(=O)[C@H](CCCN=C(N)N)NC(=O)[C@@H](N)CO)C(=O)O. The summed E-state index contributed by atoms with van der Waals surface area (Å²) < 4.78 is 0. The molecule has 0 unspecified atom stereocenters. The Morgan fingerprint density at radius 1 is 1.06 bits per heavy atom. The van der Waals surface area contributed by atoms with E-state index in [0.29, 0.717) is 12.8 Å². The fourth-order valence-corrected chi connectivity index (χ4v) is 3.44. The number of carbonyl (C=O) groups excluding carboxylic acids is 4. The lowest BCUT2D eigenvalue weighted by Crippen LogP contribution is -2.57. The third-order valence-corrected chi connectivity index (χ3v) is 5.23. The van der Waals surface area contributed by atoms with Gasteiger partial charge in [-0.25, -0.2) is 4.79 Å². The predicted octanol–water partition coefficient (Wildman–Crippen LogP) is -4.33. The molecule has 34 heavy (non-hydrogen) atoms. The van der Waals surface area contributed by atoms with Crippen molar-refractivity contribution in [2.24, 2.45) is 27.9 Å². The summed E-state index contributed by atoms with van der Waals surface area (Å²) in [4.78, 5) is 65.7. The van der Waals surface area contributed by atoms with Crippen molar-refractivity contribution in [3.8, 4) is 0 Å². The van der Waals surface area contributed by atoms with Gasteiger partial charge in [-0.2, -0.15) is 0 Å². The number of carboxylic acids is 1. The molecule has 0 radical (unpaired) electrons. The molecule has 12 N–H and O–H groups in total.